The summed E-state index contributed by atoms with van der Waals surface area (Å²) in [5.41, 5.74) is 0.639. The van der Waals surface area contributed by atoms with Gasteiger partial charge < -0.3 is 9.52 Å². The predicted molar refractivity (Wildman–Crippen MR) is 83.9 cm³/mol. The molecule has 1 heterocycles. The molecule has 0 radical (unpaired) electrons. The zero-order valence-corrected chi connectivity index (χ0v) is 12.9. The van der Waals surface area contributed by atoms with Crippen LogP contribution in [0.2, 0.25) is 0 Å². The minimum atomic E-state index is -0.839. The number of nitro benzene ring substituents is 1. The lowest BCUT2D eigenvalue weighted by atomic mass is 10.1. The number of aliphatic carboxylic acids is 1. The number of benzene rings is 1. The number of carboxylic acid groups (broad SMARTS) is 1. The first kappa shape index (κ1) is 16.7. The van der Waals surface area contributed by atoms with Crippen LogP contribution in [-0.4, -0.2) is 34.5 Å². The second-order valence-corrected chi connectivity index (χ2v) is 5.51. The first-order valence-electron chi connectivity index (χ1n) is 7.11. The first-order chi connectivity index (χ1) is 10.9. The van der Waals surface area contributed by atoms with E-state index in [1.54, 1.807) is 31.2 Å². The normalized spacial score (nSPS) is 12.3. The number of hydrogen-bond donors (Lipinski definition) is 1. The van der Waals surface area contributed by atoms with Crippen LogP contribution in [0.4, 0.5) is 5.69 Å². The molecule has 1 aromatic heterocycles. The van der Waals surface area contributed by atoms with Gasteiger partial charge in [0.25, 0.3) is 5.69 Å². The standard InChI is InChI=1S/C16H18N2O5/c1-11(16(19)20)9-17(2)10-14-6-7-15(23-14)12-4-3-5-13(8-12)18(21)22/h3-8,11H,9-10H2,1-2H3,(H,19,20). The van der Waals surface area contributed by atoms with Gasteiger partial charge >= 0.3 is 5.97 Å². The van der Waals surface area contributed by atoms with Crippen LogP contribution in [0.1, 0.15) is 12.7 Å². The van der Waals surface area contributed by atoms with Gasteiger partial charge in [-0.25, -0.2) is 0 Å². The lowest BCUT2D eigenvalue weighted by Crippen LogP contribution is -2.28. The molecule has 2 rings (SSSR count). The second-order valence-electron chi connectivity index (χ2n) is 5.51. The fraction of sp³-hybridized carbons (Fsp3) is 0.312. The number of carboxylic acids is 1. The van der Waals surface area contributed by atoms with Gasteiger partial charge in [0.15, 0.2) is 0 Å². The number of hydrogen-bond acceptors (Lipinski definition) is 5. The van der Waals surface area contributed by atoms with Crippen LogP contribution in [0.25, 0.3) is 11.3 Å². The molecule has 0 aliphatic rings. The van der Waals surface area contributed by atoms with Crippen LogP contribution in [0.15, 0.2) is 40.8 Å². The average Bonchev–Trinajstić information content (AvgIpc) is 2.95. The van der Waals surface area contributed by atoms with Crippen molar-refractivity contribution in [1.29, 1.82) is 0 Å². The van der Waals surface area contributed by atoms with E-state index >= 15 is 0 Å². The van der Waals surface area contributed by atoms with Crippen molar-refractivity contribution in [3.05, 3.63) is 52.3 Å². The number of nitro groups is 1. The lowest BCUT2D eigenvalue weighted by Gasteiger charge is -2.17. The molecule has 0 spiro atoms. The van der Waals surface area contributed by atoms with Crippen LogP contribution < -0.4 is 0 Å². The molecule has 1 unspecified atom stereocenters. The van der Waals surface area contributed by atoms with Crippen molar-refractivity contribution >= 4 is 11.7 Å². The molecule has 0 saturated heterocycles. The SMILES string of the molecule is CC(CN(C)Cc1ccc(-c2cccc([N+](=O)[O-])c2)o1)C(=O)O. The van der Waals surface area contributed by atoms with Crippen LogP contribution >= 0.6 is 0 Å². The van der Waals surface area contributed by atoms with Gasteiger partial charge in [-0.15, -0.1) is 0 Å². The van der Waals surface area contributed by atoms with Crippen molar-refractivity contribution in [2.75, 3.05) is 13.6 Å². The van der Waals surface area contributed by atoms with Crippen LogP contribution in [0, 0.1) is 16.0 Å². The number of non-ortho nitro benzene ring substituents is 1. The first-order valence-corrected chi connectivity index (χ1v) is 7.11. The third kappa shape index (κ3) is 4.40. The third-order valence-corrected chi connectivity index (χ3v) is 3.44. The largest absolute Gasteiger partial charge is 0.481 e. The van der Waals surface area contributed by atoms with Crippen LogP contribution in [0.3, 0.4) is 0 Å². The van der Waals surface area contributed by atoms with Gasteiger partial charge in [-0.1, -0.05) is 19.1 Å². The Hall–Kier alpha value is -2.67. The van der Waals surface area contributed by atoms with Gasteiger partial charge in [0.2, 0.25) is 0 Å². The minimum absolute atomic E-state index is 0.00727. The molecule has 1 N–H and O–H groups in total. The second kappa shape index (κ2) is 7.06. The molecule has 1 atom stereocenters. The fourth-order valence-corrected chi connectivity index (χ4v) is 2.27. The highest BCUT2D eigenvalue weighted by molar-refractivity contribution is 5.69. The fourth-order valence-electron chi connectivity index (χ4n) is 2.27. The number of rotatable bonds is 7. The molecular weight excluding hydrogens is 300 g/mol. The molecule has 122 valence electrons. The van der Waals surface area contributed by atoms with Crippen molar-refractivity contribution < 1.29 is 19.2 Å². The smallest absolute Gasteiger partial charge is 0.307 e. The Kier molecular flexibility index (Phi) is 5.13. The van der Waals surface area contributed by atoms with Crippen LogP contribution in [-0.2, 0) is 11.3 Å². The number of nitrogens with zero attached hydrogens (tertiary/aromatic N) is 2. The predicted octanol–water partition coefficient (Wildman–Crippen LogP) is 3.01. The zero-order valence-electron chi connectivity index (χ0n) is 12.9. The molecular formula is C16H18N2O5. The monoisotopic (exact) mass is 318 g/mol. The highest BCUT2D eigenvalue weighted by Gasteiger charge is 2.15. The Labute approximate surface area is 133 Å². The van der Waals surface area contributed by atoms with E-state index in [2.05, 4.69) is 0 Å². The summed E-state index contributed by atoms with van der Waals surface area (Å²) in [6.07, 6.45) is 0. The summed E-state index contributed by atoms with van der Waals surface area (Å²) < 4.78 is 5.71. The zero-order chi connectivity index (χ0) is 17.0. The van der Waals surface area contributed by atoms with E-state index in [4.69, 9.17) is 9.52 Å². The number of furan rings is 1. The van der Waals surface area contributed by atoms with E-state index in [1.165, 1.54) is 12.1 Å². The molecule has 0 amide bonds. The molecule has 1 aromatic carbocycles. The highest BCUT2D eigenvalue weighted by Crippen LogP contribution is 2.26. The Bertz CT molecular complexity index is 710. The van der Waals surface area contributed by atoms with E-state index in [0.29, 0.717) is 30.2 Å². The molecule has 0 fully saturated rings. The van der Waals surface area contributed by atoms with E-state index < -0.39 is 16.8 Å². The van der Waals surface area contributed by atoms with Crippen molar-refractivity contribution in [3.8, 4) is 11.3 Å². The van der Waals surface area contributed by atoms with Crippen molar-refractivity contribution in [2.45, 2.75) is 13.5 Å². The Morgan fingerprint density at radius 3 is 2.78 bits per heavy atom. The minimum Gasteiger partial charge on any atom is -0.481 e. The summed E-state index contributed by atoms with van der Waals surface area (Å²) in [5, 5.41) is 19.7. The van der Waals surface area contributed by atoms with Gasteiger partial charge in [0.05, 0.1) is 17.4 Å². The Morgan fingerprint density at radius 2 is 2.13 bits per heavy atom. The van der Waals surface area contributed by atoms with Crippen LogP contribution in [0.5, 0.6) is 0 Å². The summed E-state index contributed by atoms with van der Waals surface area (Å²) in [4.78, 5) is 23.1. The van der Waals surface area contributed by atoms with Crippen molar-refractivity contribution in [1.82, 2.24) is 4.90 Å². The molecule has 0 aliphatic carbocycles. The molecule has 0 saturated carbocycles. The topological polar surface area (TPSA) is 96.8 Å². The van der Waals surface area contributed by atoms with Gasteiger partial charge in [-0.3, -0.25) is 19.8 Å². The van der Waals surface area contributed by atoms with Gasteiger partial charge in [0.1, 0.15) is 11.5 Å². The molecule has 23 heavy (non-hydrogen) atoms. The molecule has 0 aliphatic heterocycles. The van der Waals surface area contributed by atoms with E-state index in [9.17, 15) is 14.9 Å². The quantitative estimate of drug-likeness (QED) is 0.622. The van der Waals surface area contributed by atoms with E-state index in [1.807, 2.05) is 11.9 Å². The maximum absolute atomic E-state index is 10.9. The maximum Gasteiger partial charge on any atom is 0.307 e. The Morgan fingerprint density at radius 1 is 1.39 bits per heavy atom. The molecule has 2 aromatic rings. The maximum atomic E-state index is 10.9. The molecule has 0 bridgehead atoms. The Balaban J connectivity index is 2.07. The number of carbonyl (C=O) groups is 1. The van der Waals surface area contributed by atoms with Crippen molar-refractivity contribution in [3.63, 3.8) is 0 Å². The molecule has 7 heteroatoms. The average molecular weight is 318 g/mol. The summed E-state index contributed by atoms with van der Waals surface area (Å²) >= 11 is 0. The van der Waals surface area contributed by atoms with E-state index in [-0.39, 0.29) is 5.69 Å². The molecule has 7 nitrogen and oxygen atoms in total. The summed E-state index contributed by atoms with van der Waals surface area (Å²) in [6, 6.07) is 9.77. The van der Waals surface area contributed by atoms with Gasteiger partial charge in [0, 0.05) is 24.2 Å². The summed E-state index contributed by atoms with van der Waals surface area (Å²) in [7, 11) is 1.81. The summed E-state index contributed by atoms with van der Waals surface area (Å²) in [6.45, 7) is 2.52. The van der Waals surface area contributed by atoms with E-state index in [0.717, 1.165) is 0 Å². The third-order valence-electron chi connectivity index (χ3n) is 3.44. The highest BCUT2D eigenvalue weighted by atomic mass is 16.6. The lowest BCUT2D eigenvalue weighted by molar-refractivity contribution is -0.384. The van der Waals surface area contributed by atoms with Gasteiger partial charge in [-0.2, -0.15) is 0 Å². The summed E-state index contributed by atoms with van der Waals surface area (Å²) in [5.74, 6) is -0.0882. The van der Waals surface area contributed by atoms with Crippen molar-refractivity contribution in [2.24, 2.45) is 5.92 Å². The van der Waals surface area contributed by atoms with Gasteiger partial charge in [-0.05, 0) is 19.2 Å².